The average molecular weight is 415 g/mol. The summed E-state index contributed by atoms with van der Waals surface area (Å²) in [6.07, 6.45) is -0.398. The molecule has 0 bridgehead atoms. The molecule has 0 aliphatic rings. The normalized spacial score (nSPS) is 16.3. The third kappa shape index (κ3) is 10.8. The van der Waals surface area contributed by atoms with Gasteiger partial charge in [0, 0.05) is 24.8 Å². The van der Waals surface area contributed by atoms with Crippen LogP contribution in [0.2, 0.25) is 0 Å². The second-order valence-electron chi connectivity index (χ2n) is 8.15. The van der Waals surface area contributed by atoms with Crippen LogP contribution < -0.4 is 21.7 Å². The van der Waals surface area contributed by atoms with Gasteiger partial charge in [-0.05, 0) is 32.6 Å². The molecule has 9 nitrogen and oxygen atoms in total. The molecule has 0 unspecified atom stereocenters. The Kier molecular flexibility index (Phi) is 12.2. The van der Waals surface area contributed by atoms with Crippen molar-refractivity contribution in [3.05, 3.63) is 0 Å². The smallest absolute Gasteiger partial charge is 0.242 e. The number of carbonyl (C=O) groups is 4. The first kappa shape index (κ1) is 26.8. The third-order valence-corrected chi connectivity index (χ3v) is 4.62. The lowest BCUT2D eigenvalue weighted by Gasteiger charge is -2.28. The fourth-order valence-electron chi connectivity index (χ4n) is 2.92. The van der Waals surface area contributed by atoms with Crippen molar-refractivity contribution < 1.29 is 24.3 Å². The summed E-state index contributed by atoms with van der Waals surface area (Å²) in [5.41, 5.74) is 5.14. The number of aliphatic hydroxyl groups excluding tert-OH is 1. The topological polar surface area (TPSA) is 151 Å². The summed E-state index contributed by atoms with van der Waals surface area (Å²) in [6.45, 7) is 11.0. The predicted molar refractivity (Wildman–Crippen MR) is 110 cm³/mol. The first-order valence-electron chi connectivity index (χ1n) is 10.2. The Hall–Kier alpha value is -2.16. The van der Waals surface area contributed by atoms with Gasteiger partial charge < -0.3 is 26.8 Å². The lowest BCUT2D eigenvalue weighted by atomic mass is 9.91. The van der Waals surface area contributed by atoms with Crippen molar-refractivity contribution in [3.63, 3.8) is 0 Å². The van der Waals surface area contributed by atoms with Gasteiger partial charge in [0.05, 0.1) is 12.1 Å². The highest BCUT2D eigenvalue weighted by Crippen LogP contribution is 2.16. The van der Waals surface area contributed by atoms with Gasteiger partial charge in [0.1, 0.15) is 6.04 Å². The number of rotatable bonds is 13. The van der Waals surface area contributed by atoms with Crippen molar-refractivity contribution in [1.29, 1.82) is 0 Å². The van der Waals surface area contributed by atoms with Gasteiger partial charge in [-0.25, -0.2) is 0 Å². The summed E-state index contributed by atoms with van der Waals surface area (Å²) in [5.74, 6) is -2.52. The Bertz CT molecular complexity index is 567. The summed E-state index contributed by atoms with van der Waals surface area (Å²) in [4.78, 5) is 47.5. The van der Waals surface area contributed by atoms with Crippen LogP contribution in [0, 0.1) is 17.8 Å². The SMILES string of the molecule is CCNC(=O)[C@H](C)NC(=O)[C@H](C)C[C@H](O)[C@H](CC(C)C)NC(=O)[C@@H](C)CC(N)=O. The molecule has 6 N–H and O–H groups in total. The summed E-state index contributed by atoms with van der Waals surface area (Å²) in [5, 5.41) is 18.7. The van der Waals surface area contributed by atoms with Crippen LogP contribution in [0.15, 0.2) is 0 Å². The Morgan fingerprint density at radius 1 is 0.862 bits per heavy atom. The zero-order chi connectivity index (χ0) is 22.7. The Labute approximate surface area is 173 Å². The zero-order valence-corrected chi connectivity index (χ0v) is 18.5. The molecule has 0 saturated heterocycles. The van der Waals surface area contributed by atoms with Crippen LogP contribution in [0.4, 0.5) is 0 Å². The molecule has 0 aliphatic carbocycles. The second kappa shape index (κ2) is 13.1. The molecule has 29 heavy (non-hydrogen) atoms. The quantitative estimate of drug-likeness (QED) is 0.289. The molecule has 168 valence electrons. The van der Waals surface area contributed by atoms with Crippen LogP contribution in [0.3, 0.4) is 0 Å². The number of carbonyl (C=O) groups excluding carboxylic acids is 4. The van der Waals surface area contributed by atoms with Crippen LogP contribution in [0.5, 0.6) is 0 Å². The first-order chi connectivity index (χ1) is 13.4. The molecular formula is C20H38N4O5. The van der Waals surface area contributed by atoms with Gasteiger partial charge in [0.15, 0.2) is 0 Å². The van der Waals surface area contributed by atoms with Crippen molar-refractivity contribution in [3.8, 4) is 0 Å². The van der Waals surface area contributed by atoms with E-state index < -0.39 is 35.9 Å². The van der Waals surface area contributed by atoms with E-state index in [1.165, 1.54) is 0 Å². The maximum absolute atomic E-state index is 12.4. The molecule has 4 amide bonds. The highest BCUT2D eigenvalue weighted by atomic mass is 16.3. The highest BCUT2D eigenvalue weighted by molar-refractivity contribution is 5.88. The van der Waals surface area contributed by atoms with Crippen LogP contribution in [0.1, 0.15) is 60.8 Å². The highest BCUT2D eigenvalue weighted by Gasteiger charge is 2.29. The Balaban J connectivity index is 4.92. The molecule has 0 saturated carbocycles. The van der Waals surface area contributed by atoms with E-state index in [1.807, 2.05) is 13.8 Å². The van der Waals surface area contributed by atoms with E-state index in [2.05, 4.69) is 16.0 Å². The Morgan fingerprint density at radius 2 is 1.41 bits per heavy atom. The molecule has 0 spiro atoms. The fourth-order valence-corrected chi connectivity index (χ4v) is 2.92. The van der Waals surface area contributed by atoms with Gasteiger partial charge in [-0.2, -0.15) is 0 Å². The minimum absolute atomic E-state index is 0.0765. The average Bonchev–Trinajstić information content (AvgIpc) is 2.59. The van der Waals surface area contributed by atoms with Crippen LogP contribution in [-0.4, -0.2) is 53.5 Å². The van der Waals surface area contributed by atoms with Gasteiger partial charge in [0.25, 0.3) is 0 Å². The van der Waals surface area contributed by atoms with Crippen molar-refractivity contribution >= 4 is 23.6 Å². The molecule has 0 heterocycles. The maximum atomic E-state index is 12.4. The van der Waals surface area contributed by atoms with E-state index in [9.17, 15) is 24.3 Å². The Morgan fingerprint density at radius 3 is 1.90 bits per heavy atom. The number of likely N-dealkylation sites (N-methyl/N-ethyl adjacent to an activating group) is 1. The van der Waals surface area contributed by atoms with E-state index in [-0.39, 0.29) is 36.5 Å². The number of hydrogen-bond donors (Lipinski definition) is 5. The number of amides is 4. The van der Waals surface area contributed by atoms with Gasteiger partial charge in [-0.15, -0.1) is 0 Å². The van der Waals surface area contributed by atoms with E-state index in [0.717, 1.165) is 0 Å². The summed E-state index contributed by atoms with van der Waals surface area (Å²) in [7, 11) is 0. The van der Waals surface area contributed by atoms with E-state index >= 15 is 0 Å². The number of nitrogens with one attached hydrogen (secondary N) is 3. The summed E-state index contributed by atoms with van der Waals surface area (Å²) in [6, 6.07) is -1.24. The van der Waals surface area contributed by atoms with Crippen molar-refractivity contribution in [1.82, 2.24) is 16.0 Å². The predicted octanol–water partition coefficient (Wildman–Crippen LogP) is 0.0567. The number of nitrogens with two attached hydrogens (primary N) is 1. The molecule has 0 aliphatic heterocycles. The van der Waals surface area contributed by atoms with Crippen LogP contribution in [0.25, 0.3) is 0 Å². The number of primary amides is 1. The zero-order valence-electron chi connectivity index (χ0n) is 18.5. The van der Waals surface area contributed by atoms with Gasteiger partial charge in [-0.1, -0.05) is 27.7 Å². The largest absolute Gasteiger partial charge is 0.391 e. The molecule has 0 aromatic rings. The van der Waals surface area contributed by atoms with Gasteiger partial charge in [-0.3, -0.25) is 19.2 Å². The summed E-state index contributed by atoms with van der Waals surface area (Å²) >= 11 is 0. The number of hydrogen-bond acceptors (Lipinski definition) is 5. The third-order valence-electron chi connectivity index (χ3n) is 4.62. The minimum Gasteiger partial charge on any atom is -0.391 e. The van der Waals surface area contributed by atoms with Crippen LogP contribution >= 0.6 is 0 Å². The van der Waals surface area contributed by atoms with Gasteiger partial charge in [0.2, 0.25) is 23.6 Å². The maximum Gasteiger partial charge on any atom is 0.242 e. The molecule has 0 aromatic heterocycles. The van der Waals surface area contributed by atoms with Crippen molar-refractivity contribution in [2.75, 3.05) is 6.54 Å². The van der Waals surface area contributed by atoms with Crippen LogP contribution in [-0.2, 0) is 19.2 Å². The molecule has 0 rings (SSSR count). The monoisotopic (exact) mass is 414 g/mol. The lowest BCUT2D eigenvalue weighted by molar-refractivity contribution is -0.131. The van der Waals surface area contributed by atoms with Crippen molar-refractivity contribution in [2.24, 2.45) is 23.5 Å². The molecule has 0 aromatic carbocycles. The van der Waals surface area contributed by atoms with Crippen molar-refractivity contribution in [2.45, 2.75) is 79.0 Å². The molecule has 9 heteroatoms. The minimum atomic E-state index is -0.956. The molecule has 5 atom stereocenters. The molecule has 0 fully saturated rings. The first-order valence-corrected chi connectivity index (χ1v) is 10.2. The van der Waals surface area contributed by atoms with E-state index in [1.54, 1.807) is 27.7 Å². The van der Waals surface area contributed by atoms with E-state index in [4.69, 9.17) is 5.73 Å². The molecule has 0 radical (unpaired) electrons. The lowest BCUT2D eigenvalue weighted by Crippen LogP contribution is -2.49. The molecular weight excluding hydrogens is 376 g/mol. The van der Waals surface area contributed by atoms with Gasteiger partial charge >= 0.3 is 0 Å². The number of aliphatic hydroxyl groups is 1. The fraction of sp³-hybridized carbons (Fsp3) is 0.800. The summed E-state index contributed by atoms with van der Waals surface area (Å²) < 4.78 is 0. The van der Waals surface area contributed by atoms with E-state index in [0.29, 0.717) is 13.0 Å². The second-order valence-corrected chi connectivity index (χ2v) is 8.15. The standard InChI is InChI=1S/C20H38N4O5/c1-7-22-20(29)14(6)23-18(27)12(4)9-16(25)15(8-11(2)3)24-19(28)13(5)10-17(21)26/h11-16,25H,7-10H2,1-6H3,(H2,21,26)(H,22,29)(H,23,27)(H,24,28)/t12-,13+,14+,15+,16+/m1/s1.